The van der Waals surface area contributed by atoms with E-state index < -0.39 is 0 Å². The Balaban J connectivity index is 2.09. The molecule has 0 amide bonds. The molecule has 0 atom stereocenters. The standard InChI is InChI=1S/C13H11FN4OS/c1-6-3-4-8(14)5-9(6)12-16-13(19-17-12)10-7(2)18-20-11(10)15/h3-5H,15H2,1-2H3. The fourth-order valence-electron chi connectivity index (χ4n) is 1.92. The van der Waals surface area contributed by atoms with Gasteiger partial charge in [-0.2, -0.15) is 9.36 Å². The van der Waals surface area contributed by atoms with E-state index in [2.05, 4.69) is 14.5 Å². The zero-order chi connectivity index (χ0) is 14.3. The van der Waals surface area contributed by atoms with E-state index in [1.165, 1.54) is 23.7 Å². The van der Waals surface area contributed by atoms with Gasteiger partial charge in [0.1, 0.15) is 10.8 Å². The fourth-order valence-corrected chi connectivity index (χ4v) is 2.57. The Labute approximate surface area is 118 Å². The Morgan fingerprint density at radius 1 is 1.30 bits per heavy atom. The summed E-state index contributed by atoms with van der Waals surface area (Å²) in [5, 5.41) is 4.42. The number of halogens is 1. The van der Waals surface area contributed by atoms with Crippen LogP contribution in [0.5, 0.6) is 0 Å². The summed E-state index contributed by atoms with van der Waals surface area (Å²) in [4.78, 5) is 4.29. The van der Waals surface area contributed by atoms with Crippen LogP contribution in [0.25, 0.3) is 22.8 Å². The predicted molar refractivity (Wildman–Crippen MR) is 74.7 cm³/mol. The van der Waals surface area contributed by atoms with Crippen LogP contribution in [0.15, 0.2) is 22.7 Å². The van der Waals surface area contributed by atoms with Crippen LogP contribution in [0.1, 0.15) is 11.3 Å². The molecular weight excluding hydrogens is 279 g/mol. The second-order valence-corrected chi connectivity index (χ2v) is 5.19. The smallest absolute Gasteiger partial charge is 0.263 e. The quantitative estimate of drug-likeness (QED) is 0.784. The number of rotatable bonds is 2. The first-order valence-corrected chi connectivity index (χ1v) is 6.66. The number of aromatic nitrogens is 3. The highest BCUT2D eigenvalue weighted by molar-refractivity contribution is 7.10. The largest absolute Gasteiger partial charge is 0.389 e. The number of hydrogen-bond acceptors (Lipinski definition) is 6. The van der Waals surface area contributed by atoms with E-state index in [4.69, 9.17) is 10.3 Å². The van der Waals surface area contributed by atoms with Gasteiger partial charge in [-0.3, -0.25) is 0 Å². The predicted octanol–water partition coefficient (Wildman–Crippen LogP) is 3.20. The number of nitrogens with two attached hydrogens (primary N) is 1. The van der Waals surface area contributed by atoms with Crippen LogP contribution < -0.4 is 5.73 Å². The molecule has 0 saturated heterocycles. The number of nitrogens with zero attached hydrogens (tertiary/aromatic N) is 3. The Hall–Kier alpha value is -2.28. The lowest BCUT2D eigenvalue weighted by atomic mass is 10.1. The van der Waals surface area contributed by atoms with Crippen molar-refractivity contribution in [1.29, 1.82) is 0 Å². The molecule has 20 heavy (non-hydrogen) atoms. The summed E-state index contributed by atoms with van der Waals surface area (Å²) in [5.74, 6) is 0.291. The molecule has 2 N–H and O–H groups in total. The lowest BCUT2D eigenvalue weighted by Crippen LogP contribution is -1.89. The number of benzene rings is 1. The summed E-state index contributed by atoms with van der Waals surface area (Å²) in [6.45, 7) is 3.68. The van der Waals surface area contributed by atoms with Crippen molar-refractivity contribution in [2.45, 2.75) is 13.8 Å². The van der Waals surface area contributed by atoms with E-state index in [1.54, 1.807) is 6.07 Å². The maximum absolute atomic E-state index is 13.3. The minimum Gasteiger partial charge on any atom is -0.389 e. The average molecular weight is 290 g/mol. The molecule has 0 aliphatic carbocycles. The highest BCUT2D eigenvalue weighted by atomic mass is 32.1. The van der Waals surface area contributed by atoms with Crippen molar-refractivity contribution < 1.29 is 8.91 Å². The van der Waals surface area contributed by atoms with Crippen molar-refractivity contribution in [3.8, 4) is 22.8 Å². The SMILES string of the molecule is Cc1ccc(F)cc1-c1noc(-c2c(C)nsc2N)n1. The van der Waals surface area contributed by atoms with Crippen molar-refractivity contribution in [3.63, 3.8) is 0 Å². The first-order valence-electron chi connectivity index (χ1n) is 5.88. The van der Waals surface area contributed by atoms with Crippen LogP contribution in [0.4, 0.5) is 9.39 Å². The highest BCUT2D eigenvalue weighted by Crippen LogP contribution is 2.32. The van der Waals surface area contributed by atoms with Crippen LogP contribution >= 0.6 is 11.5 Å². The molecule has 2 aromatic heterocycles. The molecule has 0 fully saturated rings. The second kappa shape index (κ2) is 4.68. The van der Waals surface area contributed by atoms with Crippen LogP contribution in [-0.4, -0.2) is 14.5 Å². The molecule has 3 rings (SSSR count). The van der Waals surface area contributed by atoms with E-state index in [1.807, 2.05) is 13.8 Å². The van der Waals surface area contributed by atoms with Gasteiger partial charge in [0.15, 0.2) is 0 Å². The van der Waals surface area contributed by atoms with Gasteiger partial charge >= 0.3 is 0 Å². The van der Waals surface area contributed by atoms with E-state index in [9.17, 15) is 4.39 Å². The molecule has 0 saturated carbocycles. The summed E-state index contributed by atoms with van der Waals surface area (Å²) in [6, 6.07) is 4.45. The van der Waals surface area contributed by atoms with Crippen LogP contribution in [0.3, 0.4) is 0 Å². The Morgan fingerprint density at radius 3 is 2.80 bits per heavy atom. The third kappa shape index (κ3) is 2.05. The average Bonchev–Trinajstić information content (AvgIpc) is 3.00. The van der Waals surface area contributed by atoms with Gasteiger partial charge in [-0.25, -0.2) is 4.39 Å². The number of aryl methyl sites for hydroxylation is 2. The normalized spacial score (nSPS) is 10.9. The third-order valence-electron chi connectivity index (χ3n) is 2.97. The maximum atomic E-state index is 13.3. The Morgan fingerprint density at radius 2 is 2.10 bits per heavy atom. The molecule has 0 unspecified atom stereocenters. The second-order valence-electron chi connectivity index (χ2n) is 4.39. The lowest BCUT2D eigenvalue weighted by molar-refractivity contribution is 0.432. The first kappa shape index (κ1) is 12.7. The van der Waals surface area contributed by atoms with Gasteiger partial charge in [0.2, 0.25) is 5.82 Å². The number of hydrogen-bond donors (Lipinski definition) is 1. The van der Waals surface area contributed by atoms with Crippen LogP contribution in [0.2, 0.25) is 0 Å². The zero-order valence-corrected chi connectivity index (χ0v) is 11.7. The molecule has 2 heterocycles. The summed E-state index contributed by atoms with van der Waals surface area (Å²) in [5.41, 5.74) is 8.68. The molecule has 0 aliphatic heterocycles. The van der Waals surface area contributed by atoms with Crippen LogP contribution in [0, 0.1) is 19.7 Å². The number of nitrogen functional groups attached to an aromatic ring is 1. The summed E-state index contributed by atoms with van der Waals surface area (Å²) < 4.78 is 22.7. The van der Waals surface area contributed by atoms with Gasteiger partial charge in [-0.1, -0.05) is 11.2 Å². The van der Waals surface area contributed by atoms with Gasteiger partial charge in [0, 0.05) is 5.56 Å². The van der Waals surface area contributed by atoms with Gasteiger partial charge in [-0.05, 0) is 43.1 Å². The van der Waals surface area contributed by atoms with Crippen molar-refractivity contribution >= 4 is 16.5 Å². The monoisotopic (exact) mass is 290 g/mol. The number of anilines is 1. The Kier molecular flexibility index (Phi) is 2.98. The molecule has 5 nitrogen and oxygen atoms in total. The minimum absolute atomic E-state index is 0.299. The van der Waals surface area contributed by atoms with Crippen molar-refractivity contribution in [2.75, 3.05) is 5.73 Å². The summed E-state index contributed by atoms with van der Waals surface area (Å²) >= 11 is 1.18. The molecule has 0 aliphatic rings. The van der Waals surface area contributed by atoms with Crippen LogP contribution in [-0.2, 0) is 0 Å². The van der Waals surface area contributed by atoms with E-state index in [-0.39, 0.29) is 5.82 Å². The molecule has 0 radical (unpaired) electrons. The van der Waals surface area contributed by atoms with Crippen molar-refractivity contribution in [2.24, 2.45) is 0 Å². The van der Waals surface area contributed by atoms with E-state index in [0.717, 1.165) is 11.3 Å². The van der Waals surface area contributed by atoms with Crippen molar-refractivity contribution in [1.82, 2.24) is 14.5 Å². The molecule has 1 aromatic carbocycles. The fraction of sp³-hybridized carbons (Fsp3) is 0.154. The van der Waals surface area contributed by atoms with Gasteiger partial charge in [0.05, 0.1) is 11.3 Å². The highest BCUT2D eigenvalue weighted by Gasteiger charge is 2.19. The van der Waals surface area contributed by atoms with Crippen molar-refractivity contribution in [3.05, 3.63) is 35.3 Å². The maximum Gasteiger partial charge on any atom is 0.263 e. The first-order chi connectivity index (χ1) is 9.56. The molecule has 0 bridgehead atoms. The van der Waals surface area contributed by atoms with Gasteiger partial charge in [0.25, 0.3) is 5.89 Å². The van der Waals surface area contributed by atoms with Gasteiger partial charge in [-0.15, -0.1) is 0 Å². The van der Waals surface area contributed by atoms with E-state index >= 15 is 0 Å². The summed E-state index contributed by atoms with van der Waals surface area (Å²) in [7, 11) is 0. The molecule has 102 valence electrons. The summed E-state index contributed by atoms with van der Waals surface area (Å²) in [6.07, 6.45) is 0. The van der Waals surface area contributed by atoms with Gasteiger partial charge < -0.3 is 10.3 Å². The topological polar surface area (TPSA) is 77.8 Å². The molecule has 7 heteroatoms. The lowest BCUT2D eigenvalue weighted by Gasteiger charge is -1.99. The molecule has 0 spiro atoms. The Bertz CT molecular complexity index is 761. The minimum atomic E-state index is -0.343. The zero-order valence-electron chi connectivity index (χ0n) is 10.8. The van der Waals surface area contributed by atoms with E-state index in [0.29, 0.717) is 27.8 Å². The molecule has 3 aromatic rings. The third-order valence-corrected chi connectivity index (χ3v) is 3.74. The molecular formula is C13H11FN4OS.